The van der Waals surface area contributed by atoms with Gasteiger partial charge in [-0.2, -0.15) is 0 Å². The summed E-state index contributed by atoms with van der Waals surface area (Å²) in [6.45, 7) is 3.88. The first-order valence-electron chi connectivity index (χ1n) is 7.67. The summed E-state index contributed by atoms with van der Waals surface area (Å²) in [6.07, 6.45) is 7.24. The number of carbonyl (C=O) groups excluding carboxylic acids is 2. The molecule has 2 amide bonds. The van der Waals surface area contributed by atoms with Gasteiger partial charge in [0.15, 0.2) is 0 Å². The maximum atomic E-state index is 12.5. The van der Waals surface area contributed by atoms with Crippen LogP contribution in [0, 0.1) is 23.2 Å². The Morgan fingerprint density at radius 3 is 2.45 bits per heavy atom. The molecule has 2 aliphatic rings. The van der Waals surface area contributed by atoms with E-state index in [1.807, 2.05) is 12.2 Å². The summed E-state index contributed by atoms with van der Waals surface area (Å²) < 4.78 is 0. The fourth-order valence-corrected chi connectivity index (χ4v) is 3.88. The van der Waals surface area contributed by atoms with E-state index in [-0.39, 0.29) is 49.5 Å². The number of aliphatic hydroxyl groups excluding tert-OH is 2. The van der Waals surface area contributed by atoms with Gasteiger partial charge in [-0.3, -0.25) is 9.59 Å². The fourth-order valence-electron chi connectivity index (χ4n) is 3.88. The van der Waals surface area contributed by atoms with E-state index in [2.05, 4.69) is 17.2 Å². The van der Waals surface area contributed by atoms with Crippen molar-refractivity contribution in [3.8, 4) is 0 Å². The van der Waals surface area contributed by atoms with Gasteiger partial charge in [0.25, 0.3) is 0 Å². The fraction of sp³-hybridized carbons (Fsp3) is 0.625. The number of allylic oxidation sites excluding steroid dienone is 3. The first kappa shape index (κ1) is 16.7. The third-order valence-corrected chi connectivity index (χ3v) is 4.66. The molecule has 6 heteroatoms. The van der Waals surface area contributed by atoms with Crippen molar-refractivity contribution >= 4 is 11.8 Å². The van der Waals surface area contributed by atoms with E-state index in [0.29, 0.717) is 6.42 Å². The number of fused-ring (bicyclic) bond motifs is 2. The van der Waals surface area contributed by atoms with E-state index in [4.69, 9.17) is 10.2 Å². The molecule has 6 nitrogen and oxygen atoms in total. The van der Waals surface area contributed by atoms with Gasteiger partial charge in [0.2, 0.25) is 11.8 Å². The first-order chi connectivity index (χ1) is 10.6. The molecule has 0 saturated heterocycles. The van der Waals surface area contributed by atoms with Crippen molar-refractivity contribution in [1.82, 2.24) is 10.6 Å². The second-order valence-corrected chi connectivity index (χ2v) is 5.99. The Morgan fingerprint density at radius 2 is 1.86 bits per heavy atom. The summed E-state index contributed by atoms with van der Waals surface area (Å²) in [5.41, 5.74) is -0.368. The van der Waals surface area contributed by atoms with Gasteiger partial charge in [-0.1, -0.05) is 18.2 Å². The minimum Gasteiger partial charge on any atom is -0.395 e. The highest BCUT2D eigenvalue weighted by atomic mass is 16.3. The summed E-state index contributed by atoms with van der Waals surface area (Å²) in [5.74, 6) is -1.27. The van der Waals surface area contributed by atoms with E-state index in [1.165, 1.54) is 0 Å². The molecule has 4 atom stereocenters. The van der Waals surface area contributed by atoms with Gasteiger partial charge in [-0.25, -0.2) is 0 Å². The summed E-state index contributed by atoms with van der Waals surface area (Å²) in [6, 6.07) is 0. The van der Waals surface area contributed by atoms with Crippen LogP contribution in [-0.4, -0.2) is 48.3 Å². The lowest BCUT2D eigenvalue weighted by molar-refractivity contribution is -0.137. The van der Waals surface area contributed by atoms with Crippen molar-refractivity contribution in [2.45, 2.75) is 12.8 Å². The molecule has 4 unspecified atom stereocenters. The average molecular weight is 308 g/mol. The van der Waals surface area contributed by atoms with Crippen LogP contribution < -0.4 is 10.6 Å². The number of aliphatic hydroxyl groups is 2. The molecule has 0 heterocycles. The number of hydrogen-bond acceptors (Lipinski definition) is 4. The molecule has 1 saturated carbocycles. The quantitative estimate of drug-likeness (QED) is 0.458. The molecule has 2 bridgehead atoms. The largest absolute Gasteiger partial charge is 0.395 e. The number of carbonyl (C=O) groups is 2. The Labute approximate surface area is 130 Å². The zero-order chi connectivity index (χ0) is 16.2. The third-order valence-electron chi connectivity index (χ3n) is 4.66. The van der Waals surface area contributed by atoms with Gasteiger partial charge in [0.05, 0.1) is 25.0 Å². The SMILES string of the molecule is C=CCC12C=CC(C1)C(C(=O)NCCO)C2C(=O)NCCO. The van der Waals surface area contributed by atoms with Crippen molar-refractivity contribution in [1.29, 1.82) is 0 Å². The van der Waals surface area contributed by atoms with Crippen LogP contribution in [0.1, 0.15) is 12.8 Å². The van der Waals surface area contributed by atoms with Crippen LogP contribution in [-0.2, 0) is 9.59 Å². The minimum atomic E-state index is -0.467. The maximum absolute atomic E-state index is 12.5. The Morgan fingerprint density at radius 1 is 1.23 bits per heavy atom. The van der Waals surface area contributed by atoms with Crippen molar-refractivity contribution in [3.63, 3.8) is 0 Å². The van der Waals surface area contributed by atoms with Gasteiger partial charge in [0, 0.05) is 18.5 Å². The second-order valence-electron chi connectivity index (χ2n) is 5.99. The summed E-state index contributed by atoms with van der Waals surface area (Å²) >= 11 is 0. The molecule has 0 radical (unpaired) electrons. The average Bonchev–Trinajstić information content (AvgIpc) is 3.06. The van der Waals surface area contributed by atoms with Crippen LogP contribution in [0.25, 0.3) is 0 Å². The molecule has 2 aliphatic carbocycles. The van der Waals surface area contributed by atoms with Gasteiger partial charge >= 0.3 is 0 Å². The lowest BCUT2D eigenvalue weighted by Crippen LogP contribution is -2.48. The van der Waals surface area contributed by atoms with E-state index in [9.17, 15) is 9.59 Å². The smallest absolute Gasteiger partial charge is 0.224 e. The molecule has 22 heavy (non-hydrogen) atoms. The van der Waals surface area contributed by atoms with E-state index in [0.717, 1.165) is 6.42 Å². The van der Waals surface area contributed by atoms with Crippen molar-refractivity contribution in [3.05, 3.63) is 24.8 Å². The Bertz CT molecular complexity index is 477. The van der Waals surface area contributed by atoms with Crippen LogP contribution in [0.3, 0.4) is 0 Å². The highest BCUT2D eigenvalue weighted by molar-refractivity contribution is 5.90. The number of hydrogen-bond donors (Lipinski definition) is 4. The summed E-state index contributed by atoms with van der Waals surface area (Å²) in [4.78, 5) is 25.0. The molecule has 0 aromatic heterocycles. The van der Waals surface area contributed by atoms with E-state index < -0.39 is 11.8 Å². The van der Waals surface area contributed by atoms with Gasteiger partial charge in [-0.15, -0.1) is 6.58 Å². The van der Waals surface area contributed by atoms with E-state index >= 15 is 0 Å². The monoisotopic (exact) mass is 308 g/mol. The zero-order valence-electron chi connectivity index (χ0n) is 12.6. The number of rotatable bonds is 8. The Balaban J connectivity index is 2.23. The molecule has 122 valence electrons. The maximum Gasteiger partial charge on any atom is 0.224 e. The molecule has 0 aliphatic heterocycles. The molecular formula is C16H24N2O4. The third kappa shape index (κ3) is 2.94. The molecule has 4 N–H and O–H groups in total. The van der Waals surface area contributed by atoms with Gasteiger partial charge in [-0.05, 0) is 18.8 Å². The van der Waals surface area contributed by atoms with Gasteiger partial charge in [0.1, 0.15) is 0 Å². The molecule has 2 rings (SSSR count). The standard InChI is InChI=1S/C16H24N2O4/c1-2-4-16-5-3-11(10-16)12(14(21)17-6-8-19)13(16)15(22)18-7-9-20/h2-3,5,11-13,19-20H,1,4,6-10H2,(H,17,21)(H,18,22). The molecule has 0 spiro atoms. The van der Waals surface area contributed by atoms with E-state index in [1.54, 1.807) is 6.08 Å². The van der Waals surface area contributed by atoms with Crippen molar-refractivity contribution < 1.29 is 19.8 Å². The Hall–Kier alpha value is -1.66. The van der Waals surface area contributed by atoms with Crippen LogP contribution in [0.2, 0.25) is 0 Å². The zero-order valence-corrected chi connectivity index (χ0v) is 12.6. The van der Waals surface area contributed by atoms with Crippen LogP contribution in [0.15, 0.2) is 24.8 Å². The highest BCUT2D eigenvalue weighted by Gasteiger charge is 2.59. The summed E-state index contributed by atoms with van der Waals surface area (Å²) in [7, 11) is 0. The minimum absolute atomic E-state index is 0.0310. The van der Waals surface area contributed by atoms with Crippen molar-refractivity contribution in [2.24, 2.45) is 23.2 Å². The molecule has 1 fully saturated rings. The Kier molecular flexibility index (Phi) is 5.37. The van der Waals surface area contributed by atoms with Crippen LogP contribution >= 0.6 is 0 Å². The number of amides is 2. The second kappa shape index (κ2) is 7.07. The molecule has 0 aromatic rings. The van der Waals surface area contributed by atoms with Crippen molar-refractivity contribution in [2.75, 3.05) is 26.3 Å². The lowest BCUT2D eigenvalue weighted by atomic mass is 9.70. The van der Waals surface area contributed by atoms with Crippen LogP contribution in [0.5, 0.6) is 0 Å². The van der Waals surface area contributed by atoms with Gasteiger partial charge < -0.3 is 20.8 Å². The lowest BCUT2D eigenvalue weighted by Gasteiger charge is -2.34. The summed E-state index contributed by atoms with van der Waals surface area (Å²) in [5, 5.41) is 23.1. The molecular weight excluding hydrogens is 284 g/mol. The first-order valence-corrected chi connectivity index (χ1v) is 7.67. The predicted molar refractivity (Wildman–Crippen MR) is 81.7 cm³/mol. The highest BCUT2D eigenvalue weighted by Crippen LogP contribution is 2.58. The van der Waals surface area contributed by atoms with Crippen LogP contribution in [0.4, 0.5) is 0 Å². The predicted octanol–water partition coefficient (Wildman–Crippen LogP) is -0.412. The topological polar surface area (TPSA) is 98.7 Å². The molecule has 0 aromatic carbocycles. The normalized spacial score (nSPS) is 32.0. The number of nitrogens with one attached hydrogen (secondary N) is 2.